The van der Waals surface area contributed by atoms with Crippen LogP contribution in [0.1, 0.15) is 32.6 Å². The summed E-state index contributed by atoms with van der Waals surface area (Å²) in [7, 11) is 0. The second kappa shape index (κ2) is 4.04. The van der Waals surface area contributed by atoms with Gasteiger partial charge in [0, 0.05) is 18.9 Å². The van der Waals surface area contributed by atoms with Crippen molar-refractivity contribution in [2.75, 3.05) is 0 Å². The Labute approximate surface area is 77.1 Å². The number of hydrogen-bond acceptors (Lipinski definition) is 3. The summed E-state index contributed by atoms with van der Waals surface area (Å²) >= 11 is 0. The molecule has 1 fully saturated rings. The van der Waals surface area contributed by atoms with Crippen molar-refractivity contribution in [1.82, 2.24) is 4.90 Å². The number of rotatable bonds is 2. The first kappa shape index (κ1) is 9.72. The molecule has 0 aromatic heterocycles. The van der Waals surface area contributed by atoms with Gasteiger partial charge in [0.05, 0.1) is 12.5 Å². The number of nitrogens with zero attached hydrogens (tertiary/aromatic N) is 2. The highest BCUT2D eigenvalue weighted by molar-refractivity contribution is 5.97. The van der Waals surface area contributed by atoms with Crippen LogP contribution in [0.3, 0.4) is 0 Å². The van der Waals surface area contributed by atoms with Crippen LogP contribution < -0.4 is 0 Å². The van der Waals surface area contributed by atoms with Crippen molar-refractivity contribution in [3.63, 3.8) is 0 Å². The lowest BCUT2D eigenvalue weighted by Gasteiger charge is -2.29. The molecule has 0 aliphatic carbocycles. The van der Waals surface area contributed by atoms with Gasteiger partial charge in [-0.15, -0.1) is 0 Å². The molecule has 0 radical (unpaired) electrons. The Hall–Kier alpha value is -1.37. The Bertz CT molecular complexity index is 251. The largest absolute Gasteiger partial charge is 0.279 e. The maximum Gasteiger partial charge on any atom is 0.229 e. The van der Waals surface area contributed by atoms with Gasteiger partial charge in [-0.25, -0.2) is 0 Å². The number of nitriles is 1. The van der Waals surface area contributed by atoms with Crippen LogP contribution in [0.15, 0.2) is 0 Å². The van der Waals surface area contributed by atoms with Crippen LogP contribution in [-0.4, -0.2) is 22.8 Å². The SMILES string of the molecule is CC(CC#N)N1C(=O)CCCC1=O. The van der Waals surface area contributed by atoms with Crippen LogP contribution in [0.25, 0.3) is 0 Å². The van der Waals surface area contributed by atoms with Gasteiger partial charge in [0.2, 0.25) is 11.8 Å². The summed E-state index contributed by atoms with van der Waals surface area (Å²) in [6.45, 7) is 1.73. The van der Waals surface area contributed by atoms with Crippen molar-refractivity contribution in [1.29, 1.82) is 5.26 Å². The van der Waals surface area contributed by atoms with E-state index >= 15 is 0 Å². The fourth-order valence-corrected chi connectivity index (χ4v) is 1.49. The third kappa shape index (κ3) is 2.05. The molecular formula is C9H12N2O2. The Balaban J connectivity index is 2.69. The van der Waals surface area contributed by atoms with E-state index in [2.05, 4.69) is 0 Å². The number of hydrogen-bond donors (Lipinski definition) is 0. The van der Waals surface area contributed by atoms with E-state index in [0.717, 1.165) is 0 Å². The van der Waals surface area contributed by atoms with Crippen molar-refractivity contribution in [2.24, 2.45) is 0 Å². The zero-order valence-electron chi connectivity index (χ0n) is 7.62. The first-order valence-corrected chi connectivity index (χ1v) is 4.38. The maximum atomic E-state index is 11.3. The molecule has 70 valence electrons. The molecule has 0 spiro atoms. The fraction of sp³-hybridized carbons (Fsp3) is 0.667. The average molecular weight is 180 g/mol. The van der Waals surface area contributed by atoms with Gasteiger partial charge in [-0.2, -0.15) is 5.26 Å². The summed E-state index contributed by atoms with van der Waals surface area (Å²) in [5.41, 5.74) is 0. The van der Waals surface area contributed by atoms with Gasteiger partial charge in [0.25, 0.3) is 0 Å². The van der Waals surface area contributed by atoms with E-state index in [4.69, 9.17) is 5.26 Å². The van der Waals surface area contributed by atoms with Gasteiger partial charge < -0.3 is 0 Å². The second-order valence-corrected chi connectivity index (χ2v) is 3.22. The smallest absolute Gasteiger partial charge is 0.229 e. The zero-order chi connectivity index (χ0) is 9.84. The molecule has 4 heteroatoms. The highest BCUT2D eigenvalue weighted by Crippen LogP contribution is 2.16. The summed E-state index contributed by atoms with van der Waals surface area (Å²) in [5.74, 6) is -0.280. The summed E-state index contributed by atoms with van der Waals surface area (Å²) in [6, 6.07) is 1.69. The van der Waals surface area contributed by atoms with E-state index in [1.807, 2.05) is 6.07 Å². The van der Waals surface area contributed by atoms with Gasteiger partial charge in [-0.3, -0.25) is 14.5 Å². The van der Waals surface area contributed by atoms with E-state index in [0.29, 0.717) is 19.3 Å². The van der Waals surface area contributed by atoms with Crippen LogP contribution in [0.5, 0.6) is 0 Å². The second-order valence-electron chi connectivity index (χ2n) is 3.22. The van der Waals surface area contributed by atoms with Gasteiger partial charge in [0.15, 0.2) is 0 Å². The molecular weight excluding hydrogens is 168 g/mol. The van der Waals surface area contributed by atoms with E-state index < -0.39 is 0 Å². The Kier molecular flexibility index (Phi) is 3.02. The zero-order valence-corrected chi connectivity index (χ0v) is 7.62. The highest BCUT2D eigenvalue weighted by Gasteiger charge is 2.29. The lowest BCUT2D eigenvalue weighted by Crippen LogP contribution is -2.45. The summed E-state index contributed by atoms with van der Waals surface area (Å²) in [5, 5.41) is 8.44. The Morgan fingerprint density at radius 1 is 1.46 bits per heavy atom. The predicted octanol–water partition coefficient (Wildman–Crippen LogP) is 0.828. The van der Waals surface area contributed by atoms with Crippen molar-refractivity contribution < 1.29 is 9.59 Å². The minimum absolute atomic E-state index is 0.140. The van der Waals surface area contributed by atoms with Crippen LogP contribution in [0.4, 0.5) is 0 Å². The molecule has 1 aliphatic rings. The summed E-state index contributed by atoms with van der Waals surface area (Å²) in [6.07, 6.45) is 1.73. The van der Waals surface area contributed by atoms with Crippen molar-refractivity contribution in [3.8, 4) is 6.07 Å². The van der Waals surface area contributed by atoms with Gasteiger partial charge in [-0.1, -0.05) is 0 Å². The highest BCUT2D eigenvalue weighted by atomic mass is 16.2. The topological polar surface area (TPSA) is 61.2 Å². The maximum absolute atomic E-state index is 11.3. The molecule has 1 saturated heterocycles. The molecule has 2 amide bonds. The molecule has 1 atom stereocenters. The van der Waals surface area contributed by atoms with Crippen LogP contribution in [-0.2, 0) is 9.59 Å². The average Bonchev–Trinajstić information content (AvgIpc) is 2.04. The number of likely N-dealkylation sites (tertiary alicyclic amines) is 1. The molecule has 0 aromatic carbocycles. The van der Waals surface area contributed by atoms with Gasteiger partial charge in [0.1, 0.15) is 0 Å². The monoisotopic (exact) mass is 180 g/mol. The fourth-order valence-electron chi connectivity index (χ4n) is 1.49. The van der Waals surface area contributed by atoms with Crippen LogP contribution in [0.2, 0.25) is 0 Å². The molecule has 0 bridgehead atoms. The van der Waals surface area contributed by atoms with Crippen LogP contribution >= 0.6 is 0 Å². The molecule has 4 nitrogen and oxygen atoms in total. The molecule has 13 heavy (non-hydrogen) atoms. The number of carbonyl (C=O) groups excluding carboxylic acids is 2. The minimum Gasteiger partial charge on any atom is -0.279 e. The molecule has 0 N–H and O–H groups in total. The molecule has 1 aliphatic heterocycles. The van der Waals surface area contributed by atoms with E-state index in [9.17, 15) is 9.59 Å². The summed E-state index contributed by atoms with van der Waals surface area (Å²) < 4.78 is 0. The molecule has 1 rings (SSSR count). The third-order valence-corrected chi connectivity index (χ3v) is 2.15. The molecule has 1 heterocycles. The van der Waals surface area contributed by atoms with Crippen molar-refractivity contribution in [2.45, 2.75) is 38.6 Å². The first-order valence-electron chi connectivity index (χ1n) is 4.38. The lowest BCUT2D eigenvalue weighted by molar-refractivity contribution is -0.150. The Morgan fingerprint density at radius 3 is 2.46 bits per heavy atom. The Morgan fingerprint density at radius 2 is 2.00 bits per heavy atom. The molecule has 0 aromatic rings. The number of amides is 2. The first-order chi connectivity index (χ1) is 6.16. The molecule has 0 saturated carbocycles. The molecule has 1 unspecified atom stereocenters. The van der Waals surface area contributed by atoms with Gasteiger partial charge in [-0.05, 0) is 13.3 Å². The predicted molar refractivity (Wildman–Crippen MR) is 45.4 cm³/mol. The summed E-state index contributed by atoms with van der Waals surface area (Å²) in [4.78, 5) is 23.9. The van der Waals surface area contributed by atoms with Gasteiger partial charge >= 0.3 is 0 Å². The number of piperidine rings is 1. The third-order valence-electron chi connectivity index (χ3n) is 2.15. The standard InChI is InChI=1S/C9H12N2O2/c1-7(5-6-10)11-8(12)3-2-4-9(11)13/h7H,2-5H2,1H3. The number of carbonyl (C=O) groups is 2. The number of imide groups is 1. The van der Waals surface area contributed by atoms with E-state index in [-0.39, 0.29) is 24.3 Å². The minimum atomic E-state index is -0.273. The van der Waals surface area contributed by atoms with E-state index in [1.54, 1.807) is 6.92 Å². The quantitative estimate of drug-likeness (QED) is 0.591. The normalized spacial score (nSPS) is 19.8. The lowest BCUT2D eigenvalue weighted by atomic mass is 10.1. The van der Waals surface area contributed by atoms with E-state index in [1.165, 1.54) is 4.90 Å². The van der Waals surface area contributed by atoms with Crippen molar-refractivity contribution >= 4 is 11.8 Å². The van der Waals surface area contributed by atoms with Crippen molar-refractivity contribution in [3.05, 3.63) is 0 Å². The van der Waals surface area contributed by atoms with Crippen LogP contribution in [0, 0.1) is 11.3 Å².